The van der Waals surface area contributed by atoms with Crippen LogP contribution in [0.4, 0.5) is 13.2 Å². The van der Waals surface area contributed by atoms with Crippen LogP contribution in [0.1, 0.15) is 53.0 Å². The molecule has 2 fully saturated rings. The van der Waals surface area contributed by atoms with Gasteiger partial charge < -0.3 is 9.67 Å². The molecule has 0 radical (unpaired) electrons. The molecule has 4 rings (SSSR count). The number of hydrogen-bond acceptors (Lipinski definition) is 5. The molecule has 176 valence electrons. The van der Waals surface area contributed by atoms with Gasteiger partial charge in [0.1, 0.15) is 0 Å². The van der Waals surface area contributed by atoms with Gasteiger partial charge in [-0.3, -0.25) is 14.4 Å². The van der Waals surface area contributed by atoms with Crippen molar-refractivity contribution < 1.29 is 27.8 Å². The Labute approximate surface area is 190 Å². The third-order valence-corrected chi connectivity index (χ3v) is 6.70. The lowest BCUT2D eigenvalue weighted by Gasteiger charge is -2.21. The van der Waals surface area contributed by atoms with Crippen LogP contribution in [0.25, 0.3) is 5.69 Å². The first-order valence-corrected chi connectivity index (χ1v) is 11.1. The molecule has 1 N–H and O–H groups in total. The predicted octanol–water partition coefficient (Wildman–Crippen LogP) is 3.91. The molecule has 33 heavy (non-hydrogen) atoms. The smallest absolute Gasteiger partial charge is 0.391 e. The standard InChI is InChI=1S/C24H26F3N3O3/c1-15-20(23(32)14-29-18-8-9-21(29)22(31)12-18)11-19(3-2-10-33-24(25,26)27)30(15)17-6-4-16(13-28)5-7-17/h4-7,11,18,21-22,31H,2-3,8-10,12,14H2,1H3/t18-,21-,22-/m1/s1. The van der Waals surface area contributed by atoms with Crippen LogP contribution >= 0.6 is 0 Å². The van der Waals surface area contributed by atoms with Crippen molar-refractivity contribution in [1.29, 1.82) is 5.26 Å². The molecule has 2 aliphatic rings. The second-order valence-electron chi connectivity index (χ2n) is 8.72. The van der Waals surface area contributed by atoms with Crippen molar-refractivity contribution in [2.24, 2.45) is 0 Å². The fourth-order valence-electron chi connectivity index (χ4n) is 5.19. The topological polar surface area (TPSA) is 78.5 Å². The Hall–Kier alpha value is -2.67. The van der Waals surface area contributed by atoms with Gasteiger partial charge in [0.2, 0.25) is 0 Å². The van der Waals surface area contributed by atoms with Crippen LogP contribution in [0.5, 0.6) is 0 Å². The highest BCUT2D eigenvalue weighted by Gasteiger charge is 2.46. The Kier molecular flexibility index (Phi) is 6.61. The normalized spacial score (nSPS) is 22.6. The Morgan fingerprint density at radius 1 is 1.27 bits per heavy atom. The van der Waals surface area contributed by atoms with Crippen LogP contribution in [-0.2, 0) is 11.2 Å². The number of carbonyl (C=O) groups excluding carboxylic acids is 1. The maximum Gasteiger partial charge on any atom is 0.522 e. The monoisotopic (exact) mass is 461 g/mol. The molecule has 0 saturated carbocycles. The molecule has 9 heteroatoms. The Balaban J connectivity index is 1.58. The van der Waals surface area contributed by atoms with Gasteiger partial charge in [-0.05, 0) is 69.4 Å². The van der Waals surface area contributed by atoms with E-state index in [9.17, 15) is 23.1 Å². The number of fused-ring (bicyclic) bond motifs is 2. The summed E-state index contributed by atoms with van der Waals surface area (Å²) in [5.74, 6) is -0.0707. The number of aryl methyl sites for hydroxylation is 1. The summed E-state index contributed by atoms with van der Waals surface area (Å²) >= 11 is 0. The zero-order chi connectivity index (χ0) is 23.8. The number of nitrogens with zero attached hydrogens (tertiary/aromatic N) is 3. The summed E-state index contributed by atoms with van der Waals surface area (Å²) in [6.45, 7) is 1.55. The lowest BCUT2D eigenvalue weighted by Crippen LogP contribution is -2.36. The number of benzene rings is 1. The van der Waals surface area contributed by atoms with Crippen molar-refractivity contribution in [2.75, 3.05) is 13.2 Å². The number of aliphatic hydroxyl groups is 1. The first-order valence-electron chi connectivity index (χ1n) is 11.1. The number of aliphatic hydroxyl groups excluding tert-OH is 1. The van der Waals surface area contributed by atoms with E-state index in [-0.39, 0.29) is 37.3 Å². The zero-order valence-electron chi connectivity index (χ0n) is 18.3. The first kappa shape index (κ1) is 23.5. The van der Waals surface area contributed by atoms with Crippen LogP contribution in [0.2, 0.25) is 0 Å². The molecular weight excluding hydrogens is 435 g/mol. The molecule has 6 nitrogen and oxygen atoms in total. The summed E-state index contributed by atoms with van der Waals surface area (Å²) in [4.78, 5) is 15.3. The maximum atomic E-state index is 13.3. The van der Waals surface area contributed by atoms with Crippen LogP contribution in [0, 0.1) is 18.3 Å². The number of hydrogen-bond donors (Lipinski definition) is 1. The van der Waals surface area contributed by atoms with Gasteiger partial charge in [-0.25, -0.2) is 0 Å². The van der Waals surface area contributed by atoms with E-state index < -0.39 is 19.1 Å². The number of Topliss-reactive ketones (excluding diaryl/α,β-unsaturated/α-hetero) is 1. The molecule has 1 aromatic carbocycles. The van der Waals surface area contributed by atoms with Gasteiger partial charge in [-0.1, -0.05) is 0 Å². The predicted molar refractivity (Wildman–Crippen MR) is 114 cm³/mol. The Morgan fingerprint density at radius 2 is 2.00 bits per heavy atom. The van der Waals surface area contributed by atoms with Gasteiger partial charge in [0.25, 0.3) is 0 Å². The number of aromatic nitrogens is 1. The number of nitriles is 1. The maximum absolute atomic E-state index is 13.3. The number of alkyl halides is 3. The fraction of sp³-hybridized carbons (Fsp3) is 0.500. The highest BCUT2D eigenvalue weighted by molar-refractivity contribution is 5.99. The number of ether oxygens (including phenoxy) is 1. The Morgan fingerprint density at radius 3 is 2.58 bits per heavy atom. The minimum Gasteiger partial charge on any atom is -0.391 e. The number of rotatable bonds is 8. The molecule has 3 atom stereocenters. The highest BCUT2D eigenvalue weighted by Crippen LogP contribution is 2.38. The zero-order valence-corrected chi connectivity index (χ0v) is 18.3. The van der Waals surface area contributed by atoms with E-state index in [1.165, 1.54) is 0 Å². The van der Waals surface area contributed by atoms with Crippen molar-refractivity contribution in [3.8, 4) is 11.8 Å². The third kappa shape index (κ3) is 4.98. The van der Waals surface area contributed by atoms with Crippen molar-refractivity contribution in [3.63, 3.8) is 0 Å². The van der Waals surface area contributed by atoms with Crippen LogP contribution in [0.3, 0.4) is 0 Å². The van der Waals surface area contributed by atoms with Crippen molar-refractivity contribution in [3.05, 3.63) is 52.8 Å². The van der Waals surface area contributed by atoms with E-state index in [2.05, 4.69) is 15.7 Å². The lowest BCUT2D eigenvalue weighted by atomic mass is 9.98. The van der Waals surface area contributed by atoms with E-state index >= 15 is 0 Å². The SMILES string of the molecule is Cc1c(C(=O)CN2[C@@H]3CC[C@@H]2[C@H](O)C3)cc(CCCOC(F)(F)F)n1-c1ccc(C#N)cc1. The van der Waals surface area contributed by atoms with Gasteiger partial charge in [0.15, 0.2) is 5.78 Å². The van der Waals surface area contributed by atoms with Gasteiger partial charge in [0.05, 0.1) is 30.9 Å². The number of ketones is 1. The molecule has 2 aromatic rings. The minimum absolute atomic E-state index is 0.0128. The summed E-state index contributed by atoms with van der Waals surface area (Å²) in [5, 5.41) is 19.2. The first-order chi connectivity index (χ1) is 15.7. The summed E-state index contributed by atoms with van der Waals surface area (Å²) < 4.78 is 42.8. The quantitative estimate of drug-likeness (QED) is 0.477. The van der Waals surface area contributed by atoms with E-state index in [0.717, 1.165) is 18.5 Å². The molecule has 1 aromatic heterocycles. The highest BCUT2D eigenvalue weighted by atomic mass is 19.4. The molecule has 2 saturated heterocycles. The van der Waals surface area contributed by atoms with Crippen LogP contribution in [0.15, 0.2) is 30.3 Å². The molecule has 0 spiro atoms. The molecule has 3 heterocycles. The van der Waals surface area contributed by atoms with Gasteiger partial charge >= 0.3 is 6.36 Å². The van der Waals surface area contributed by atoms with Gasteiger partial charge in [-0.15, -0.1) is 13.2 Å². The Bertz CT molecular complexity index is 1060. The number of carbonyl (C=O) groups is 1. The fourth-order valence-corrected chi connectivity index (χ4v) is 5.19. The third-order valence-electron chi connectivity index (χ3n) is 6.70. The van der Waals surface area contributed by atoms with Crippen molar-refractivity contribution >= 4 is 5.78 Å². The van der Waals surface area contributed by atoms with E-state index in [4.69, 9.17) is 5.26 Å². The van der Waals surface area contributed by atoms with Crippen LogP contribution in [-0.4, -0.2) is 58.1 Å². The van der Waals surface area contributed by atoms with Crippen molar-refractivity contribution in [1.82, 2.24) is 9.47 Å². The second kappa shape index (κ2) is 9.29. The molecule has 2 bridgehead atoms. The summed E-state index contributed by atoms with van der Waals surface area (Å²) in [6, 6.07) is 10.9. The second-order valence-corrected chi connectivity index (χ2v) is 8.72. The molecular formula is C24H26F3N3O3. The molecule has 0 amide bonds. The van der Waals surface area contributed by atoms with Crippen molar-refractivity contribution in [2.45, 2.75) is 63.6 Å². The average molecular weight is 461 g/mol. The minimum atomic E-state index is -4.67. The largest absolute Gasteiger partial charge is 0.522 e. The number of halogens is 3. The molecule has 0 aliphatic carbocycles. The molecule has 2 aliphatic heterocycles. The van der Waals surface area contributed by atoms with Gasteiger partial charge in [-0.2, -0.15) is 5.26 Å². The van der Waals surface area contributed by atoms with E-state index in [1.807, 2.05) is 11.5 Å². The summed E-state index contributed by atoms with van der Waals surface area (Å²) in [5.41, 5.74) is 3.14. The average Bonchev–Trinajstić information content (AvgIpc) is 3.40. The van der Waals surface area contributed by atoms with Crippen LogP contribution < -0.4 is 0 Å². The van der Waals surface area contributed by atoms with E-state index in [0.29, 0.717) is 28.9 Å². The summed E-state index contributed by atoms with van der Waals surface area (Å²) in [6.07, 6.45) is -2.10. The lowest BCUT2D eigenvalue weighted by molar-refractivity contribution is -0.324. The molecule has 0 unspecified atom stereocenters. The van der Waals surface area contributed by atoms with E-state index in [1.54, 1.807) is 30.3 Å². The van der Waals surface area contributed by atoms with Gasteiger partial charge in [0, 0.05) is 34.7 Å². The summed E-state index contributed by atoms with van der Waals surface area (Å²) in [7, 11) is 0.